The third-order valence-electron chi connectivity index (χ3n) is 11.8. The average Bonchev–Trinajstić information content (AvgIpc) is 3.15. The van der Waals surface area contributed by atoms with Crippen LogP contribution < -0.4 is 5.48 Å². The lowest BCUT2D eigenvalue weighted by atomic mass is 9.72. The van der Waals surface area contributed by atoms with Crippen LogP contribution in [0.15, 0.2) is 42.6 Å². The number of nitrogens with zero attached hydrogens (tertiary/aromatic N) is 2. The number of Topliss-reactive ketones (excluding diaryl/α,β-unsaturated/α-hetero) is 1. The van der Waals surface area contributed by atoms with Crippen molar-refractivity contribution < 1.29 is 48.7 Å². The number of ketones is 1. The Morgan fingerprint density at radius 2 is 1.78 bits per heavy atom. The number of hydrogen-bond acceptors (Lipinski definition) is 13. The number of nitrogens with one attached hydrogen (secondary N) is 1. The zero-order valence-corrected chi connectivity index (χ0v) is 34.5. The zero-order valence-electron chi connectivity index (χ0n) is 34.5. The predicted molar refractivity (Wildman–Crippen MR) is 209 cm³/mol. The minimum atomic E-state index is -1.86. The molecule has 14 atom stereocenters. The van der Waals surface area contributed by atoms with Gasteiger partial charge in [0.1, 0.15) is 23.7 Å². The van der Waals surface area contributed by atoms with Crippen LogP contribution in [0.4, 0.5) is 0 Å². The number of hydroxylamine groups is 1. The van der Waals surface area contributed by atoms with E-state index in [1.54, 1.807) is 27.0 Å². The van der Waals surface area contributed by atoms with E-state index in [4.69, 9.17) is 23.8 Å². The number of carbonyl (C=O) groups is 2. The molecule has 2 aromatic rings. The van der Waals surface area contributed by atoms with Crippen molar-refractivity contribution in [2.45, 2.75) is 135 Å². The number of aromatic nitrogens is 1. The molecule has 13 heteroatoms. The molecule has 3 heterocycles. The first-order valence-corrected chi connectivity index (χ1v) is 19.6. The van der Waals surface area contributed by atoms with Gasteiger partial charge in [0.05, 0.1) is 43.1 Å². The maximum atomic E-state index is 14.4. The number of rotatable bonds is 10. The first kappa shape index (κ1) is 44.9. The third-order valence-corrected chi connectivity index (χ3v) is 11.8. The molecule has 4 N–H and O–H groups in total. The lowest BCUT2D eigenvalue weighted by Crippen LogP contribution is -2.61. The molecule has 0 bridgehead atoms. The molecule has 0 aliphatic carbocycles. The van der Waals surface area contributed by atoms with Crippen LogP contribution >= 0.6 is 0 Å². The molecular weight excluding hydrogens is 706 g/mol. The third kappa shape index (κ3) is 10.4. The molecule has 4 rings (SSSR count). The van der Waals surface area contributed by atoms with Crippen molar-refractivity contribution in [1.29, 1.82) is 0 Å². The molecule has 55 heavy (non-hydrogen) atoms. The van der Waals surface area contributed by atoms with E-state index >= 15 is 0 Å². The van der Waals surface area contributed by atoms with Crippen LogP contribution in [0.2, 0.25) is 0 Å². The minimum absolute atomic E-state index is 0.104. The Bertz CT molecular complexity index is 1600. The van der Waals surface area contributed by atoms with E-state index in [0.717, 1.165) is 16.5 Å². The first-order valence-electron chi connectivity index (χ1n) is 19.6. The molecule has 2 aliphatic heterocycles. The van der Waals surface area contributed by atoms with Crippen molar-refractivity contribution in [3.63, 3.8) is 0 Å². The molecule has 0 spiro atoms. The summed E-state index contributed by atoms with van der Waals surface area (Å²) in [4.78, 5) is 40.0. The Balaban J connectivity index is 1.81. The summed E-state index contributed by atoms with van der Waals surface area (Å²) in [6, 6.07) is 9.04. The summed E-state index contributed by atoms with van der Waals surface area (Å²) in [7, 11) is 5.25. The van der Waals surface area contributed by atoms with E-state index < -0.39 is 77.5 Å². The SMILES string of the molecule is CC[C@@H]1OC(=O)[C@H](C)C(=O)[C@H](C)[C@@H](O[C@@H]2O[C@H](C)C[C@H](N(C)C)[C@H]2O)[C@@](C)(OC/C=C\c2cnc3ccccc3c2)C[C@@H](C)C(NOC)[C@@H](C)[C@@H](O)[C@]1(C)O. The van der Waals surface area contributed by atoms with E-state index in [0.29, 0.717) is 6.42 Å². The normalized spacial score (nSPS) is 38.7. The quantitative estimate of drug-likeness (QED) is 0.153. The summed E-state index contributed by atoms with van der Waals surface area (Å²) in [5.74, 6) is -4.47. The summed E-state index contributed by atoms with van der Waals surface area (Å²) in [6.07, 6.45) is 0.617. The maximum Gasteiger partial charge on any atom is 0.316 e. The number of aliphatic hydroxyl groups excluding tert-OH is 2. The number of cyclic esters (lactones) is 1. The Morgan fingerprint density at radius 3 is 2.44 bits per heavy atom. The fourth-order valence-electron chi connectivity index (χ4n) is 8.53. The highest BCUT2D eigenvalue weighted by Gasteiger charge is 2.52. The average molecular weight is 772 g/mol. The van der Waals surface area contributed by atoms with Gasteiger partial charge in [0.25, 0.3) is 0 Å². The number of likely N-dealkylation sites (N-methyl/N-ethyl adjacent to an activating group) is 1. The molecule has 1 aromatic heterocycles. The molecular formula is C42H65N3O10. The zero-order chi connectivity index (χ0) is 40.8. The van der Waals surface area contributed by atoms with Gasteiger partial charge in [-0.25, -0.2) is 0 Å². The van der Waals surface area contributed by atoms with Crippen LogP contribution in [0.5, 0.6) is 0 Å². The van der Waals surface area contributed by atoms with Gasteiger partial charge in [-0.3, -0.25) is 14.6 Å². The summed E-state index contributed by atoms with van der Waals surface area (Å²) < 4.78 is 25.7. The van der Waals surface area contributed by atoms with Crippen LogP contribution in [0.25, 0.3) is 17.0 Å². The number of fused-ring (bicyclic) bond motifs is 1. The fourth-order valence-corrected chi connectivity index (χ4v) is 8.53. The fraction of sp³-hybridized carbons (Fsp3) is 0.690. The lowest BCUT2D eigenvalue weighted by molar-refractivity contribution is -0.297. The monoisotopic (exact) mass is 771 g/mol. The Kier molecular flexibility index (Phi) is 15.5. The Hall–Kier alpha value is -2.85. The van der Waals surface area contributed by atoms with E-state index in [-0.39, 0.29) is 37.5 Å². The van der Waals surface area contributed by atoms with Crippen molar-refractivity contribution in [3.05, 3.63) is 48.2 Å². The molecule has 0 saturated carbocycles. The van der Waals surface area contributed by atoms with Gasteiger partial charge in [-0.05, 0) is 84.7 Å². The second-order valence-corrected chi connectivity index (χ2v) is 16.4. The van der Waals surface area contributed by atoms with Crippen molar-refractivity contribution in [2.75, 3.05) is 27.8 Å². The van der Waals surface area contributed by atoms with Gasteiger partial charge >= 0.3 is 5.97 Å². The summed E-state index contributed by atoms with van der Waals surface area (Å²) in [5.41, 5.74) is 1.67. The second kappa shape index (κ2) is 19.1. The van der Waals surface area contributed by atoms with Gasteiger partial charge in [0, 0.05) is 35.5 Å². The van der Waals surface area contributed by atoms with Crippen molar-refractivity contribution >= 4 is 28.7 Å². The smallest absolute Gasteiger partial charge is 0.316 e. The van der Waals surface area contributed by atoms with Crippen LogP contribution in [-0.4, -0.2) is 125 Å². The molecule has 0 amide bonds. The van der Waals surface area contributed by atoms with E-state index in [2.05, 4.69) is 10.5 Å². The van der Waals surface area contributed by atoms with Crippen LogP contribution in [0.3, 0.4) is 0 Å². The molecule has 308 valence electrons. The topological polar surface area (TPSA) is 169 Å². The van der Waals surface area contributed by atoms with E-state index in [1.807, 2.05) is 82.3 Å². The highest BCUT2D eigenvalue weighted by Crippen LogP contribution is 2.39. The van der Waals surface area contributed by atoms with Crippen LogP contribution in [0.1, 0.15) is 80.2 Å². The van der Waals surface area contributed by atoms with Gasteiger partial charge < -0.3 is 44.0 Å². The number of para-hydroxylation sites is 1. The number of esters is 1. The van der Waals surface area contributed by atoms with Gasteiger partial charge in [-0.2, -0.15) is 5.48 Å². The molecule has 2 fully saturated rings. The Morgan fingerprint density at radius 1 is 1.09 bits per heavy atom. The largest absolute Gasteiger partial charge is 0.459 e. The van der Waals surface area contributed by atoms with Crippen LogP contribution in [0, 0.1) is 23.7 Å². The minimum Gasteiger partial charge on any atom is -0.459 e. The molecule has 1 unspecified atom stereocenters. The number of pyridine rings is 1. The number of aliphatic hydroxyl groups is 3. The molecule has 13 nitrogen and oxygen atoms in total. The van der Waals surface area contributed by atoms with Crippen molar-refractivity contribution in [2.24, 2.45) is 23.7 Å². The summed E-state index contributed by atoms with van der Waals surface area (Å²) in [6.45, 7) is 14.0. The molecule has 2 aliphatic rings. The second-order valence-electron chi connectivity index (χ2n) is 16.4. The summed E-state index contributed by atoms with van der Waals surface area (Å²) in [5, 5.41) is 36.1. The molecule has 2 saturated heterocycles. The Labute approximate surface area is 326 Å². The predicted octanol–water partition coefficient (Wildman–Crippen LogP) is 4.31. The van der Waals surface area contributed by atoms with E-state index in [1.165, 1.54) is 21.0 Å². The number of carbonyl (C=O) groups excluding carboxylic acids is 2. The van der Waals surface area contributed by atoms with Crippen LogP contribution in [-0.2, 0) is 33.4 Å². The van der Waals surface area contributed by atoms with Crippen molar-refractivity contribution in [1.82, 2.24) is 15.4 Å². The van der Waals surface area contributed by atoms with Crippen molar-refractivity contribution in [3.8, 4) is 0 Å². The van der Waals surface area contributed by atoms with Gasteiger partial charge in [0.15, 0.2) is 12.1 Å². The molecule has 1 aromatic carbocycles. The highest BCUT2D eigenvalue weighted by molar-refractivity contribution is 6.00. The first-order chi connectivity index (χ1) is 25.9. The maximum absolute atomic E-state index is 14.4. The summed E-state index contributed by atoms with van der Waals surface area (Å²) >= 11 is 0. The lowest BCUT2D eigenvalue weighted by Gasteiger charge is -2.48. The molecule has 0 radical (unpaired) electrons. The van der Waals surface area contributed by atoms with Gasteiger partial charge in [-0.15, -0.1) is 0 Å². The number of benzene rings is 1. The van der Waals surface area contributed by atoms with Gasteiger partial charge in [-0.1, -0.05) is 58.0 Å². The number of hydrogen-bond donors (Lipinski definition) is 4. The van der Waals surface area contributed by atoms with E-state index in [9.17, 15) is 24.9 Å². The van der Waals surface area contributed by atoms with Gasteiger partial charge in [0.2, 0.25) is 0 Å². The standard InChI is InChI=1S/C42H65N3O10/c1-12-33-42(8,50)37(48)26(4)34(44-51-11)24(2)22-41(7,52-19-15-16-29-21-30-17-13-14-18-31(30)43-23-29)38(27(5)35(46)28(6)39(49)54-33)55-40-36(47)32(45(9)10)20-25(3)53-40/h13-18,21,23-28,32-34,36-38,40,44,47-48,50H,12,19-20,22H2,1-11H3/b16-15-/t24-,25-,26-,27+,28-,32+,33+,34?,36-,37-,38-,40+,41+,42-/m1/s1. The highest BCUT2D eigenvalue weighted by atomic mass is 16.7. The number of ether oxygens (including phenoxy) is 4.